The number of aromatic nitrogens is 2. The van der Waals surface area contributed by atoms with Crippen molar-refractivity contribution in [2.75, 3.05) is 23.5 Å². The number of rotatable bonds is 4. The predicted molar refractivity (Wildman–Crippen MR) is 216 cm³/mol. The molecule has 1 aliphatic heterocycles. The second kappa shape index (κ2) is 11.2. The SMILES string of the molecule is CN1CN(c2cccc(C3(c4cc(C(C)(C)C)cc(-n5c6ccccc6c6ccccc65)n4)c4ccccc4-c4ccccc43)c2)c2ccccc21. The monoisotopic (exact) mass is 672 g/mol. The molecule has 2 aromatic heterocycles. The van der Waals surface area contributed by atoms with E-state index in [1.54, 1.807) is 0 Å². The summed E-state index contributed by atoms with van der Waals surface area (Å²) >= 11 is 0. The Kier molecular flexibility index (Phi) is 6.60. The molecule has 0 unspecified atom stereocenters. The molecule has 4 nitrogen and oxygen atoms in total. The Morgan fingerprint density at radius 1 is 0.577 bits per heavy atom. The van der Waals surface area contributed by atoms with Crippen molar-refractivity contribution >= 4 is 38.9 Å². The minimum atomic E-state index is -0.664. The molecule has 0 fully saturated rings. The van der Waals surface area contributed by atoms with Crippen LogP contribution in [0.25, 0.3) is 38.8 Å². The van der Waals surface area contributed by atoms with Crippen LogP contribution in [0.4, 0.5) is 17.1 Å². The van der Waals surface area contributed by atoms with Gasteiger partial charge in [-0.1, -0.05) is 130 Å². The molecule has 10 rings (SSSR count). The van der Waals surface area contributed by atoms with Crippen molar-refractivity contribution in [1.82, 2.24) is 9.55 Å². The zero-order valence-corrected chi connectivity index (χ0v) is 30.0. The summed E-state index contributed by atoms with van der Waals surface area (Å²) in [6.07, 6.45) is 0. The quantitative estimate of drug-likeness (QED) is 0.186. The molecule has 3 heterocycles. The van der Waals surface area contributed by atoms with E-state index in [0.29, 0.717) is 0 Å². The first-order chi connectivity index (χ1) is 25.3. The molecular weight excluding hydrogens is 633 g/mol. The van der Waals surface area contributed by atoms with Gasteiger partial charge in [0.05, 0.1) is 40.2 Å². The van der Waals surface area contributed by atoms with Gasteiger partial charge >= 0.3 is 0 Å². The molecule has 0 N–H and O–H groups in total. The molecule has 6 aromatic carbocycles. The highest BCUT2D eigenvalue weighted by Gasteiger charge is 2.48. The van der Waals surface area contributed by atoms with E-state index >= 15 is 0 Å². The minimum Gasteiger partial charge on any atom is -0.355 e. The lowest BCUT2D eigenvalue weighted by molar-refractivity contribution is 0.584. The Morgan fingerprint density at radius 3 is 1.81 bits per heavy atom. The lowest BCUT2D eigenvalue weighted by Gasteiger charge is -2.35. The largest absolute Gasteiger partial charge is 0.355 e. The van der Waals surface area contributed by atoms with Crippen molar-refractivity contribution in [3.05, 3.63) is 186 Å². The smallest absolute Gasteiger partial charge is 0.138 e. The molecule has 0 radical (unpaired) electrons. The van der Waals surface area contributed by atoms with Gasteiger partial charge in [0, 0.05) is 23.5 Å². The molecule has 0 amide bonds. The number of para-hydroxylation sites is 4. The molecule has 0 atom stereocenters. The third-order valence-corrected chi connectivity index (χ3v) is 11.4. The van der Waals surface area contributed by atoms with Gasteiger partial charge < -0.3 is 9.80 Å². The van der Waals surface area contributed by atoms with E-state index < -0.39 is 5.41 Å². The Labute approximate surface area is 305 Å². The van der Waals surface area contributed by atoms with Crippen LogP contribution in [0, 0.1) is 0 Å². The number of hydrogen-bond donors (Lipinski definition) is 0. The zero-order valence-electron chi connectivity index (χ0n) is 30.0. The molecule has 1 aliphatic carbocycles. The van der Waals surface area contributed by atoms with Crippen LogP contribution in [0.3, 0.4) is 0 Å². The first kappa shape index (κ1) is 30.7. The summed E-state index contributed by atoms with van der Waals surface area (Å²) < 4.78 is 2.37. The molecule has 4 heteroatoms. The van der Waals surface area contributed by atoms with Gasteiger partial charge in [0.1, 0.15) is 5.82 Å². The average molecular weight is 673 g/mol. The molecule has 0 saturated carbocycles. The van der Waals surface area contributed by atoms with Crippen LogP contribution in [0.2, 0.25) is 0 Å². The van der Waals surface area contributed by atoms with Crippen LogP contribution >= 0.6 is 0 Å². The van der Waals surface area contributed by atoms with E-state index in [-0.39, 0.29) is 5.41 Å². The van der Waals surface area contributed by atoms with Crippen molar-refractivity contribution in [2.24, 2.45) is 0 Å². The van der Waals surface area contributed by atoms with E-state index in [1.807, 2.05) is 0 Å². The van der Waals surface area contributed by atoms with Gasteiger partial charge in [-0.05, 0) is 87.3 Å². The molecule has 8 aromatic rings. The number of hydrogen-bond acceptors (Lipinski definition) is 3. The van der Waals surface area contributed by atoms with Crippen LogP contribution in [-0.2, 0) is 10.8 Å². The number of pyridine rings is 1. The maximum Gasteiger partial charge on any atom is 0.138 e. The van der Waals surface area contributed by atoms with E-state index in [9.17, 15) is 0 Å². The van der Waals surface area contributed by atoms with Crippen LogP contribution in [0.15, 0.2) is 158 Å². The first-order valence-electron chi connectivity index (χ1n) is 18.2. The molecule has 0 bridgehead atoms. The third kappa shape index (κ3) is 4.30. The number of benzene rings is 6. The van der Waals surface area contributed by atoms with Gasteiger partial charge in [-0.25, -0.2) is 4.98 Å². The van der Waals surface area contributed by atoms with Crippen molar-refractivity contribution in [1.29, 1.82) is 0 Å². The summed E-state index contributed by atoms with van der Waals surface area (Å²) in [5.41, 5.74) is 13.7. The fourth-order valence-electron chi connectivity index (χ4n) is 8.90. The Morgan fingerprint density at radius 2 is 1.15 bits per heavy atom. The number of fused-ring (bicyclic) bond motifs is 7. The maximum absolute atomic E-state index is 5.83. The molecule has 52 heavy (non-hydrogen) atoms. The second-order valence-corrected chi connectivity index (χ2v) is 15.4. The van der Waals surface area contributed by atoms with Crippen LogP contribution < -0.4 is 9.80 Å². The summed E-state index contributed by atoms with van der Waals surface area (Å²) in [6.45, 7) is 7.73. The summed E-state index contributed by atoms with van der Waals surface area (Å²) in [5.74, 6) is 0.937. The van der Waals surface area contributed by atoms with Gasteiger partial charge in [0.25, 0.3) is 0 Å². The van der Waals surface area contributed by atoms with E-state index in [4.69, 9.17) is 4.98 Å². The molecular formula is C48H40N4. The lowest BCUT2D eigenvalue weighted by Crippen LogP contribution is -2.31. The summed E-state index contributed by atoms with van der Waals surface area (Å²) in [5, 5.41) is 2.47. The van der Waals surface area contributed by atoms with Gasteiger partial charge in [-0.3, -0.25) is 4.57 Å². The maximum atomic E-state index is 5.83. The number of anilines is 3. The summed E-state index contributed by atoms with van der Waals surface area (Å²) in [4.78, 5) is 10.6. The van der Waals surface area contributed by atoms with Gasteiger partial charge in [0.2, 0.25) is 0 Å². The molecule has 2 aliphatic rings. The Balaban J connectivity index is 1.31. The summed E-state index contributed by atoms with van der Waals surface area (Å²) in [6, 6.07) is 58.0. The standard InChI is InChI=1S/C48H40N4/c1-47(2,3)33-29-45(49-46(30-33)52-41-24-11-7-20-37(41)38-21-8-12-25-42(38)52)48(39-22-9-5-18-35(39)36-19-6-10-23-40(36)48)32-16-15-17-34(28-32)51-31-50(4)43-26-13-14-27-44(43)51/h5-30H,31H2,1-4H3. The Hall–Kier alpha value is -6.13. The highest BCUT2D eigenvalue weighted by Crippen LogP contribution is 2.56. The van der Waals surface area contributed by atoms with Gasteiger partial charge in [-0.15, -0.1) is 0 Å². The van der Waals surface area contributed by atoms with Crippen molar-refractivity contribution in [3.8, 4) is 16.9 Å². The topological polar surface area (TPSA) is 24.3 Å². The minimum absolute atomic E-state index is 0.129. The van der Waals surface area contributed by atoms with Crippen LogP contribution in [0.1, 0.15) is 48.7 Å². The number of nitrogens with zero attached hydrogens (tertiary/aromatic N) is 4. The van der Waals surface area contributed by atoms with Crippen molar-refractivity contribution < 1.29 is 0 Å². The Bertz CT molecular complexity index is 2590. The van der Waals surface area contributed by atoms with E-state index in [1.165, 1.54) is 61.2 Å². The fraction of sp³-hybridized carbons (Fsp3) is 0.146. The van der Waals surface area contributed by atoms with E-state index in [2.05, 4.69) is 200 Å². The molecule has 0 spiro atoms. The van der Waals surface area contributed by atoms with Crippen LogP contribution in [0.5, 0.6) is 0 Å². The highest BCUT2D eigenvalue weighted by molar-refractivity contribution is 6.09. The molecule has 252 valence electrons. The van der Waals surface area contributed by atoms with Crippen molar-refractivity contribution in [2.45, 2.75) is 31.6 Å². The highest BCUT2D eigenvalue weighted by atomic mass is 15.4. The normalized spacial score (nSPS) is 14.5. The zero-order chi connectivity index (χ0) is 35.2. The molecule has 0 saturated heterocycles. The second-order valence-electron chi connectivity index (χ2n) is 15.4. The van der Waals surface area contributed by atoms with Crippen LogP contribution in [-0.4, -0.2) is 23.3 Å². The fourth-order valence-corrected chi connectivity index (χ4v) is 8.90. The van der Waals surface area contributed by atoms with E-state index in [0.717, 1.165) is 29.2 Å². The van der Waals surface area contributed by atoms with Crippen molar-refractivity contribution in [3.63, 3.8) is 0 Å². The van der Waals surface area contributed by atoms with Gasteiger partial charge in [0.15, 0.2) is 0 Å². The lowest BCUT2D eigenvalue weighted by atomic mass is 9.69. The van der Waals surface area contributed by atoms with Gasteiger partial charge in [-0.2, -0.15) is 0 Å². The summed E-state index contributed by atoms with van der Waals surface area (Å²) in [7, 11) is 2.17. The third-order valence-electron chi connectivity index (χ3n) is 11.4. The predicted octanol–water partition coefficient (Wildman–Crippen LogP) is 11.4. The average Bonchev–Trinajstić information content (AvgIpc) is 3.81. The first-order valence-corrected chi connectivity index (χ1v) is 18.2.